The second kappa shape index (κ2) is 5.88. The number of halogens is 2. The van der Waals surface area contributed by atoms with Crippen molar-refractivity contribution >= 4 is 67.2 Å². The fraction of sp³-hybridized carbons (Fsp3) is 0. The van der Waals surface area contributed by atoms with Crippen molar-refractivity contribution in [1.82, 2.24) is 0 Å². The highest BCUT2D eigenvalue weighted by molar-refractivity contribution is 14.1. The Hall–Kier alpha value is -0.840. The number of hydrogen-bond donors (Lipinski definition) is 2. The first-order valence-electron chi connectivity index (χ1n) is 5.10. The number of carbonyl (C=O) groups is 1. The van der Waals surface area contributed by atoms with Gasteiger partial charge in [-0.25, -0.2) is 13.2 Å². The first-order chi connectivity index (χ1) is 9.31. The third kappa shape index (κ3) is 3.25. The number of sulfonamides is 1. The van der Waals surface area contributed by atoms with E-state index < -0.39 is 16.0 Å². The Morgan fingerprint density at radius 3 is 2.65 bits per heavy atom. The van der Waals surface area contributed by atoms with E-state index in [1.807, 2.05) is 22.6 Å². The molecular weight excluding hydrogens is 437 g/mol. The molecule has 2 aromatic rings. The Balaban J connectivity index is 2.41. The third-order valence-corrected chi connectivity index (χ3v) is 5.71. The first kappa shape index (κ1) is 15.5. The van der Waals surface area contributed by atoms with E-state index in [1.54, 1.807) is 12.1 Å². The molecule has 0 radical (unpaired) electrons. The normalized spacial score (nSPS) is 11.3. The van der Waals surface area contributed by atoms with Crippen LogP contribution in [0.15, 0.2) is 34.5 Å². The van der Waals surface area contributed by atoms with Crippen LogP contribution in [0.25, 0.3) is 0 Å². The number of rotatable bonds is 4. The fourth-order valence-corrected chi connectivity index (χ4v) is 4.74. The van der Waals surface area contributed by atoms with E-state index in [0.29, 0.717) is 0 Å². The SMILES string of the molecule is O=C(O)c1sccc1S(=O)(=O)Nc1ccc(I)cc1Cl. The van der Waals surface area contributed by atoms with Crippen LogP contribution in [0.5, 0.6) is 0 Å². The summed E-state index contributed by atoms with van der Waals surface area (Å²) in [6.07, 6.45) is 0. The number of nitrogens with one attached hydrogen (secondary N) is 1. The maximum atomic E-state index is 12.2. The second-order valence-corrected chi connectivity index (χ2v) is 7.87. The van der Waals surface area contributed by atoms with Gasteiger partial charge < -0.3 is 5.11 Å². The van der Waals surface area contributed by atoms with Crippen LogP contribution in [0.4, 0.5) is 5.69 Å². The zero-order chi connectivity index (χ0) is 14.9. The lowest BCUT2D eigenvalue weighted by Gasteiger charge is -2.09. The van der Waals surface area contributed by atoms with Crippen molar-refractivity contribution in [2.75, 3.05) is 4.72 Å². The van der Waals surface area contributed by atoms with Crippen LogP contribution in [0.3, 0.4) is 0 Å². The Morgan fingerprint density at radius 2 is 2.05 bits per heavy atom. The predicted octanol–water partition coefficient (Wildman–Crippen LogP) is 3.51. The van der Waals surface area contributed by atoms with E-state index in [9.17, 15) is 13.2 Å². The number of anilines is 1. The van der Waals surface area contributed by atoms with Crippen molar-refractivity contribution in [2.45, 2.75) is 4.90 Å². The molecule has 0 fully saturated rings. The van der Waals surface area contributed by atoms with Gasteiger partial charge in [-0.1, -0.05) is 11.6 Å². The Morgan fingerprint density at radius 1 is 1.35 bits per heavy atom. The molecule has 0 atom stereocenters. The first-order valence-corrected chi connectivity index (χ1v) is 8.92. The van der Waals surface area contributed by atoms with Gasteiger partial charge in [0.25, 0.3) is 10.0 Å². The molecule has 9 heteroatoms. The van der Waals surface area contributed by atoms with Crippen molar-refractivity contribution in [2.24, 2.45) is 0 Å². The third-order valence-electron chi connectivity index (χ3n) is 2.29. The molecule has 0 saturated heterocycles. The summed E-state index contributed by atoms with van der Waals surface area (Å²) < 4.78 is 27.5. The van der Waals surface area contributed by atoms with Gasteiger partial charge in [-0.3, -0.25) is 4.72 Å². The highest BCUT2D eigenvalue weighted by Crippen LogP contribution is 2.28. The molecule has 2 rings (SSSR count). The molecule has 1 aromatic carbocycles. The molecule has 0 aliphatic rings. The van der Waals surface area contributed by atoms with Crippen molar-refractivity contribution in [1.29, 1.82) is 0 Å². The minimum Gasteiger partial charge on any atom is -0.477 e. The molecule has 1 heterocycles. The van der Waals surface area contributed by atoms with Crippen LogP contribution < -0.4 is 4.72 Å². The lowest BCUT2D eigenvalue weighted by atomic mass is 10.3. The average Bonchev–Trinajstić information content (AvgIpc) is 2.82. The highest BCUT2D eigenvalue weighted by Gasteiger charge is 2.24. The van der Waals surface area contributed by atoms with E-state index >= 15 is 0 Å². The van der Waals surface area contributed by atoms with Crippen LogP contribution in [-0.4, -0.2) is 19.5 Å². The van der Waals surface area contributed by atoms with Gasteiger partial charge >= 0.3 is 5.97 Å². The summed E-state index contributed by atoms with van der Waals surface area (Å²) in [5, 5.41) is 10.6. The molecule has 0 aliphatic carbocycles. The summed E-state index contributed by atoms with van der Waals surface area (Å²) in [5.74, 6) is -1.28. The van der Waals surface area contributed by atoms with Gasteiger partial charge in [0.2, 0.25) is 0 Å². The number of aromatic carboxylic acids is 1. The summed E-state index contributed by atoms with van der Waals surface area (Å²) in [5.41, 5.74) is 0.203. The Bertz CT molecular complexity index is 772. The second-order valence-electron chi connectivity index (χ2n) is 3.65. The lowest BCUT2D eigenvalue weighted by molar-refractivity contribution is 0.0698. The van der Waals surface area contributed by atoms with Crippen LogP contribution in [-0.2, 0) is 10.0 Å². The summed E-state index contributed by atoms with van der Waals surface area (Å²) in [4.78, 5) is 10.5. The van der Waals surface area contributed by atoms with E-state index in [2.05, 4.69) is 4.72 Å². The summed E-state index contributed by atoms with van der Waals surface area (Å²) in [7, 11) is -3.99. The summed E-state index contributed by atoms with van der Waals surface area (Å²) in [6.45, 7) is 0. The van der Waals surface area contributed by atoms with Gasteiger partial charge in [0.15, 0.2) is 0 Å². The topological polar surface area (TPSA) is 83.5 Å². The fourth-order valence-electron chi connectivity index (χ4n) is 1.44. The monoisotopic (exact) mass is 443 g/mol. The smallest absolute Gasteiger partial charge is 0.347 e. The number of hydrogen-bond acceptors (Lipinski definition) is 4. The molecule has 0 unspecified atom stereocenters. The van der Waals surface area contributed by atoms with Crippen molar-refractivity contribution in [3.63, 3.8) is 0 Å². The van der Waals surface area contributed by atoms with Gasteiger partial charge in [-0.15, -0.1) is 11.3 Å². The molecule has 2 N–H and O–H groups in total. The van der Waals surface area contributed by atoms with Gasteiger partial charge in [0.1, 0.15) is 9.77 Å². The molecule has 0 amide bonds. The molecule has 20 heavy (non-hydrogen) atoms. The van der Waals surface area contributed by atoms with Gasteiger partial charge in [-0.05, 0) is 52.2 Å². The zero-order valence-corrected chi connectivity index (χ0v) is 14.2. The largest absolute Gasteiger partial charge is 0.477 e. The van der Waals surface area contributed by atoms with E-state index in [-0.39, 0.29) is 20.5 Å². The van der Waals surface area contributed by atoms with Crippen LogP contribution in [0.2, 0.25) is 5.02 Å². The van der Waals surface area contributed by atoms with Crippen molar-refractivity contribution in [3.05, 3.63) is 43.1 Å². The zero-order valence-electron chi connectivity index (χ0n) is 9.63. The van der Waals surface area contributed by atoms with Gasteiger partial charge in [0, 0.05) is 3.57 Å². The molecule has 106 valence electrons. The van der Waals surface area contributed by atoms with Crippen molar-refractivity contribution < 1.29 is 18.3 Å². The molecule has 1 aromatic heterocycles. The minimum atomic E-state index is -3.99. The van der Waals surface area contributed by atoms with Gasteiger partial charge in [-0.2, -0.15) is 0 Å². The lowest BCUT2D eigenvalue weighted by Crippen LogP contribution is -2.15. The summed E-state index contributed by atoms with van der Waals surface area (Å²) >= 11 is 8.85. The predicted molar refractivity (Wildman–Crippen MR) is 86.3 cm³/mol. The van der Waals surface area contributed by atoms with Crippen LogP contribution in [0, 0.1) is 3.57 Å². The molecule has 0 saturated carbocycles. The van der Waals surface area contributed by atoms with E-state index in [4.69, 9.17) is 16.7 Å². The molecular formula is C11H7ClINO4S2. The van der Waals surface area contributed by atoms with E-state index in [1.165, 1.54) is 17.5 Å². The standard InChI is InChI=1S/C11H7ClINO4S2/c12-7-5-6(13)1-2-8(7)14-20(17,18)9-3-4-19-10(9)11(15)16/h1-5,14H,(H,15,16). The number of benzene rings is 1. The molecule has 5 nitrogen and oxygen atoms in total. The van der Waals surface area contributed by atoms with Crippen LogP contribution in [0.1, 0.15) is 9.67 Å². The maximum Gasteiger partial charge on any atom is 0.347 e. The van der Waals surface area contributed by atoms with E-state index in [0.717, 1.165) is 14.9 Å². The van der Waals surface area contributed by atoms with Gasteiger partial charge in [0.05, 0.1) is 10.7 Å². The molecule has 0 aliphatic heterocycles. The van der Waals surface area contributed by atoms with Crippen LogP contribution >= 0.6 is 45.5 Å². The maximum absolute atomic E-state index is 12.2. The summed E-state index contributed by atoms with van der Waals surface area (Å²) in [6, 6.07) is 6.06. The number of carboxylic acids is 1. The Kier molecular flexibility index (Phi) is 4.57. The average molecular weight is 444 g/mol. The molecule has 0 spiro atoms. The number of carboxylic acid groups (broad SMARTS) is 1. The quantitative estimate of drug-likeness (QED) is 0.709. The Labute approximate surface area is 137 Å². The number of thiophene rings is 1. The van der Waals surface area contributed by atoms with Crippen molar-refractivity contribution in [3.8, 4) is 0 Å². The highest BCUT2D eigenvalue weighted by atomic mass is 127. The minimum absolute atomic E-state index is 0.203. The molecule has 0 bridgehead atoms.